The van der Waals surface area contributed by atoms with E-state index >= 15 is 0 Å². The average molecular weight is 488 g/mol. The molecule has 0 saturated carbocycles. The predicted molar refractivity (Wildman–Crippen MR) is 120 cm³/mol. The van der Waals surface area contributed by atoms with Gasteiger partial charge in [0.05, 0.1) is 30.7 Å². The number of halogens is 2. The molecule has 0 unspecified atom stereocenters. The molecule has 0 N–H and O–H groups in total. The Labute approximate surface area is 186 Å². The smallest absolute Gasteiger partial charge is 0.170 e. The molecule has 4 rings (SSSR count). The van der Waals surface area contributed by atoms with E-state index in [1.807, 2.05) is 40.4 Å². The molecule has 154 valence electrons. The van der Waals surface area contributed by atoms with E-state index in [9.17, 15) is 4.39 Å². The van der Waals surface area contributed by atoms with Crippen molar-refractivity contribution in [3.8, 4) is 11.5 Å². The molecule has 0 atom stereocenters. The highest BCUT2D eigenvalue weighted by atomic mass is 79.9. The van der Waals surface area contributed by atoms with Gasteiger partial charge in [-0.05, 0) is 70.5 Å². The summed E-state index contributed by atoms with van der Waals surface area (Å²) in [5.74, 6) is 0.356. The van der Waals surface area contributed by atoms with E-state index in [1.165, 1.54) is 13.2 Å². The highest BCUT2D eigenvalue weighted by Gasteiger charge is 2.14. The van der Waals surface area contributed by atoms with Gasteiger partial charge in [0, 0.05) is 11.0 Å². The Bertz CT molecular complexity index is 1180. The summed E-state index contributed by atoms with van der Waals surface area (Å²) in [6.45, 7) is 0. The van der Waals surface area contributed by atoms with E-state index < -0.39 is 0 Å². The molecule has 8 heteroatoms. The van der Waals surface area contributed by atoms with E-state index in [1.54, 1.807) is 31.3 Å². The molecule has 0 aliphatic heterocycles. The van der Waals surface area contributed by atoms with Gasteiger partial charge in [0.2, 0.25) is 0 Å². The third-order valence-corrected chi connectivity index (χ3v) is 6.46. The Morgan fingerprint density at radius 3 is 2.60 bits per heavy atom. The summed E-state index contributed by atoms with van der Waals surface area (Å²) in [5, 5.41) is 0. The molecule has 4 aromatic rings. The minimum Gasteiger partial charge on any atom is -0.497 e. The van der Waals surface area contributed by atoms with Crippen LogP contribution in [0.5, 0.6) is 11.5 Å². The summed E-state index contributed by atoms with van der Waals surface area (Å²) >= 11 is 5.16. The van der Waals surface area contributed by atoms with Crippen LogP contribution in [0.25, 0.3) is 11.2 Å². The number of benzene rings is 2. The van der Waals surface area contributed by atoms with Gasteiger partial charge in [-0.15, -0.1) is 0 Å². The van der Waals surface area contributed by atoms with Crippen molar-refractivity contribution in [2.45, 2.75) is 17.7 Å². The second kappa shape index (κ2) is 9.06. The first-order valence-corrected chi connectivity index (χ1v) is 10.8. The lowest BCUT2D eigenvalue weighted by atomic mass is 10.1. The second-order valence-electron chi connectivity index (χ2n) is 6.54. The van der Waals surface area contributed by atoms with Crippen LogP contribution in [0.15, 0.2) is 64.2 Å². The number of ether oxygens (including phenoxy) is 2. The number of nitrogens with zero attached hydrogens (tertiary/aromatic N) is 3. The highest BCUT2D eigenvalue weighted by Crippen LogP contribution is 2.31. The topological polar surface area (TPSA) is 49.2 Å². The van der Waals surface area contributed by atoms with Gasteiger partial charge in [0.1, 0.15) is 11.3 Å². The van der Waals surface area contributed by atoms with Crippen LogP contribution >= 0.6 is 27.9 Å². The van der Waals surface area contributed by atoms with Crippen LogP contribution in [0.3, 0.4) is 0 Å². The lowest BCUT2D eigenvalue weighted by Gasteiger charge is -2.10. The molecule has 0 spiro atoms. The molecular weight excluding hydrogens is 469 g/mol. The molecule has 0 saturated heterocycles. The van der Waals surface area contributed by atoms with E-state index in [4.69, 9.17) is 14.5 Å². The summed E-state index contributed by atoms with van der Waals surface area (Å²) in [5.41, 5.74) is 2.87. The number of rotatable bonds is 7. The second-order valence-corrected chi connectivity index (χ2v) is 8.37. The zero-order valence-electron chi connectivity index (χ0n) is 16.4. The van der Waals surface area contributed by atoms with Crippen molar-refractivity contribution in [1.82, 2.24) is 13.9 Å². The van der Waals surface area contributed by atoms with Crippen molar-refractivity contribution in [2.24, 2.45) is 0 Å². The minimum absolute atomic E-state index is 0.171. The fourth-order valence-corrected chi connectivity index (χ4v) is 4.55. The largest absolute Gasteiger partial charge is 0.497 e. The van der Waals surface area contributed by atoms with Gasteiger partial charge in [-0.3, -0.25) is 3.97 Å². The molecule has 0 fully saturated rings. The molecule has 0 aliphatic rings. The minimum atomic E-state index is -0.375. The van der Waals surface area contributed by atoms with Gasteiger partial charge in [-0.25, -0.2) is 14.4 Å². The summed E-state index contributed by atoms with van der Waals surface area (Å²) in [6, 6.07) is 15.2. The molecule has 2 aromatic heterocycles. The van der Waals surface area contributed by atoms with Crippen LogP contribution in [0, 0.1) is 5.82 Å². The Balaban J connectivity index is 1.57. The van der Waals surface area contributed by atoms with E-state index in [-0.39, 0.29) is 11.6 Å². The number of hydrogen-bond acceptors (Lipinski definition) is 5. The van der Waals surface area contributed by atoms with Gasteiger partial charge in [0.25, 0.3) is 0 Å². The quantitative estimate of drug-likeness (QED) is 0.335. The number of aryl methyl sites for hydroxylation is 2. The van der Waals surface area contributed by atoms with Crippen molar-refractivity contribution >= 4 is 39.0 Å². The molecule has 30 heavy (non-hydrogen) atoms. The van der Waals surface area contributed by atoms with Crippen molar-refractivity contribution in [2.75, 3.05) is 14.2 Å². The SMILES string of the molecule is COc1cc(CCc2cnc3c(cc(Br)n3Sc3ccccc3)n2)c(F)c(OC)c1. The summed E-state index contributed by atoms with van der Waals surface area (Å²) in [7, 11) is 2.99. The molecule has 2 heterocycles. The standard InChI is InChI=1S/C22H19BrFN3O2S/c1-28-16-10-14(21(24)19(11-16)29-2)8-9-15-13-25-22-18(26-15)12-20(23)27(22)30-17-6-4-3-5-7-17/h3-7,10-13H,8-9H2,1-2H3. The zero-order chi connectivity index (χ0) is 21.1. The van der Waals surface area contributed by atoms with Crippen molar-refractivity contribution in [1.29, 1.82) is 0 Å². The Kier molecular flexibility index (Phi) is 6.24. The summed E-state index contributed by atoms with van der Waals surface area (Å²) in [4.78, 5) is 10.4. The number of hydrogen-bond donors (Lipinski definition) is 0. The lowest BCUT2D eigenvalue weighted by molar-refractivity contribution is 0.371. The first kappa shape index (κ1) is 20.7. The summed E-state index contributed by atoms with van der Waals surface area (Å²) < 4.78 is 27.8. The molecular formula is C22H19BrFN3O2S. The summed E-state index contributed by atoms with van der Waals surface area (Å²) in [6.07, 6.45) is 2.75. The maximum absolute atomic E-state index is 14.6. The molecule has 0 bridgehead atoms. The third-order valence-electron chi connectivity index (χ3n) is 4.61. The molecule has 5 nitrogen and oxygen atoms in total. The average Bonchev–Trinajstić information content (AvgIpc) is 3.08. The fourth-order valence-electron chi connectivity index (χ4n) is 3.09. The van der Waals surface area contributed by atoms with Gasteiger partial charge >= 0.3 is 0 Å². The highest BCUT2D eigenvalue weighted by molar-refractivity contribution is 9.10. The van der Waals surface area contributed by atoms with Crippen LogP contribution in [0.2, 0.25) is 0 Å². The number of aromatic nitrogens is 3. The number of methoxy groups -OCH3 is 2. The Morgan fingerprint density at radius 2 is 1.87 bits per heavy atom. The zero-order valence-corrected chi connectivity index (χ0v) is 18.8. The fraction of sp³-hybridized carbons (Fsp3) is 0.182. The van der Waals surface area contributed by atoms with Gasteiger partial charge in [0.15, 0.2) is 17.2 Å². The predicted octanol–water partition coefficient (Wildman–Crippen LogP) is 5.69. The van der Waals surface area contributed by atoms with Crippen LogP contribution in [-0.2, 0) is 12.8 Å². The first-order chi connectivity index (χ1) is 14.6. The van der Waals surface area contributed by atoms with E-state index in [0.717, 1.165) is 26.4 Å². The number of fused-ring (bicyclic) bond motifs is 1. The van der Waals surface area contributed by atoms with Crippen LogP contribution < -0.4 is 9.47 Å². The molecule has 0 radical (unpaired) electrons. The monoisotopic (exact) mass is 487 g/mol. The molecule has 0 aliphatic carbocycles. The maximum Gasteiger partial charge on any atom is 0.170 e. The van der Waals surface area contributed by atoms with E-state index in [2.05, 4.69) is 20.9 Å². The van der Waals surface area contributed by atoms with Crippen LogP contribution in [0.1, 0.15) is 11.3 Å². The lowest BCUT2D eigenvalue weighted by Crippen LogP contribution is -2.01. The Morgan fingerprint density at radius 1 is 1.07 bits per heavy atom. The first-order valence-electron chi connectivity index (χ1n) is 9.25. The maximum atomic E-state index is 14.6. The van der Waals surface area contributed by atoms with Gasteiger partial charge in [-0.2, -0.15) is 0 Å². The van der Waals surface area contributed by atoms with Crippen LogP contribution in [0.4, 0.5) is 4.39 Å². The normalized spacial score (nSPS) is 11.1. The van der Waals surface area contributed by atoms with Crippen molar-refractivity contribution in [3.05, 3.63) is 76.4 Å². The van der Waals surface area contributed by atoms with Gasteiger partial charge < -0.3 is 9.47 Å². The van der Waals surface area contributed by atoms with Crippen molar-refractivity contribution in [3.63, 3.8) is 0 Å². The van der Waals surface area contributed by atoms with Crippen LogP contribution in [-0.4, -0.2) is 28.2 Å². The molecule has 2 aromatic carbocycles. The van der Waals surface area contributed by atoms with Crippen molar-refractivity contribution < 1.29 is 13.9 Å². The molecule has 0 amide bonds. The Hall–Kier alpha value is -2.58. The third kappa shape index (κ3) is 4.29. The van der Waals surface area contributed by atoms with E-state index in [0.29, 0.717) is 24.2 Å². The van der Waals surface area contributed by atoms with Gasteiger partial charge in [-0.1, -0.05) is 18.2 Å².